The van der Waals surface area contributed by atoms with Gasteiger partial charge in [0.15, 0.2) is 0 Å². The highest BCUT2D eigenvalue weighted by Gasteiger charge is 2.12. The summed E-state index contributed by atoms with van der Waals surface area (Å²) in [5.74, 6) is 0.915. The molecule has 0 aliphatic heterocycles. The standard InChI is InChI=1S/C23H19IOS2/c24-23-16-13-19(26-23)17-25-18-11-14-22(15-12-18)27(20-7-3-1-4-8-20)21-9-5-2-6-10-21/h1-16,27H,17H2. The van der Waals surface area contributed by atoms with Crippen LogP contribution in [0.4, 0.5) is 0 Å². The second-order valence-corrected chi connectivity index (χ2v) is 11.3. The molecule has 0 aliphatic carbocycles. The Bertz CT molecular complexity index is 942. The number of hydrogen-bond donors (Lipinski definition) is 1. The monoisotopic (exact) mass is 502 g/mol. The first-order valence-electron chi connectivity index (χ1n) is 8.67. The Balaban J connectivity index is 1.57. The van der Waals surface area contributed by atoms with Gasteiger partial charge in [-0.2, -0.15) is 10.9 Å². The zero-order valence-electron chi connectivity index (χ0n) is 14.6. The van der Waals surface area contributed by atoms with E-state index >= 15 is 0 Å². The normalized spacial score (nSPS) is 11.2. The summed E-state index contributed by atoms with van der Waals surface area (Å²) in [6.07, 6.45) is 0. The largest absolute Gasteiger partial charge is 0.488 e. The van der Waals surface area contributed by atoms with E-state index in [0.717, 1.165) is 5.75 Å². The molecule has 3 aromatic carbocycles. The minimum atomic E-state index is -0.563. The van der Waals surface area contributed by atoms with Gasteiger partial charge in [-0.3, -0.25) is 0 Å². The van der Waals surface area contributed by atoms with Crippen molar-refractivity contribution in [2.24, 2.45) is 0 Å². The minimum absolute atomic E-state index is 0.563. The Kier molecular flexibility index (Phi) is 6.17. The van der Waals surface area contributed by atoms with E-state index in [-0.39, 0.29) is 0 Å². The van der Waals surface area contributed by atoms with Crippen LogP contribution in [0.3, 0.4) is 0 Å². The van der Waals surface area contributed by atoms with Crippen molar-refractivity contribution in [1.82, 2.24) is 0 Å². The van der Waals surface area contributed by atoms with Gasteiger partial charge in [-0.1, -0.05) is 36.4 Å². The first kappa shape index (κ1) is 18.6. The van der Waals surface area contributed by atoms with Crippen molar-refractivity contribution in [3.05, 3.63) is 105 Å². The lowest BCUT2D eigenvalue weighted by Gasteiger charge is -2.23. The number of hydrogen-bond acceptors (Lipinski definition) is 2. The lowest BCUT2D eigenvalue weighted by Crippen LogP contribution is -1.93. The summed E-state index contributed by atoms with van der Waals surface area (Å²) in [6, 6.07) is 34.4. The van der Waals surface area contributed by atoms with Gasteiger partial charge in [0.2, 0.25) is 0 Å². The van der Waals surface area contributed by atoms with E-state index in [1.54, 1.807) is 11.3 Å². The van der Waals surface area contributed by atoms with E-state index < -0.39 is 10.9 Å². The fourth-order valence-corrected chi connectivity index (χ4v) is 6.83. The van der Waals surface area contributed by atoms with Gasteiger partial charge in [0.05, 0.1) is 2.88 Å². The highest BCUT2D eigenvalue weighted by molar-refractivity contribution is 14.1. The molecule has 1 nitrogen and oxygen atoms in total. The highest BCUT2D eigenvalue weighted by Crippen LogP contribution is 2.51. The van der Waals surface area contributed by atoms with Crippen LogP contribution < -0.4 is 4.74 Å². The van der Waals surface area contributed by atoms with Gasteiger partial charge in [-0.25, -0.2) is 0 Å². The third-order valence-electron chi connectivity index (χ3n) is 4.13. The quantitative estimate of drug-likeness (QED) is 0.213. The van der Waals surface area contributed by atoms with Crippen molar-refractivity contribution < 1.29 is 4.74 Å². The summed E-state index contributed by atoms with van der Waals surface area (Å²) in [5.41, 5.74) is 0. The lowest BCUT2D eigenvalue weighted by molar-refractivity contribution is 0.309. The SMILES string of the molecule is Ic1ccc(COc2ccc([SH](c3ccccc3)c3ccccc3)cc2)s1. The molecule has 0 N–H and O–H groups in total. The summed E-state index contributed by atoms with van der Waals surface area (Å²) in [4.78, 5) is 5.31. The van der Waals surface area contributed by atoms with E-state index in [1.165, 1.54) is 22.4 Å². The van der Waals surface area contributed by atoms with Crippen LogP contribution >= 0.6 is 44.8 Å². The molecule has 0 atom stereocenters. The molecule has 0 spiro atoms. The molecule has 0 amide bonds. The molecule has 27 heavy (non-hydrogen) atoms. The third-order valence-corrected chi connectivity index (χ3v) is 8.44. The van der Waals surface area contributed by atoms with Crippen molar-refractivity contribution in [2.75, 3.05) is 0 Å². The molecule has 0 saturated heterocycles. The molecular formula is C23H19IOS2. The second-order valence-electron chi connectivity index (χ2n) is 5.99. The molecule has 4 heteroatoms. The number of thiol groups is 1. The molecule has 4 rings (SSSR count). The van der Waals surface area contributed by atoms with E-state index in [1.807, 2.05) is 0 Å². The number of thiophene rings is 1. The Labute approximate surface area is 180 Å². The minimum Gasteiger partial charge on any atom is -0.488 e. The average Bonchev–Trinajstić information content (AvgIpc) is 3.14. The zero-order valence-corrected chi connectivity index (χ0v) is 18.5. The number of ether oxygens (including phenoxy) is 1. The van der Waals surface area contributed by atoms with Crippen LogP contribution in [0.1, 0.15) is 4.88 Å². The molecule has 1 heterocycles. The van der Waals surface area contributed by atoms with Crippen molar-refractivity contribution in [2.45, 2.75) is 21.3 Å². The van der Waals surface area contributed by atoms with Gasteiger partial charge in [-0.05, 0) is 97.9 Å². The highest BCUT2D eigenvalue weighted by atomic mass is 127. The molecule has 0 aliphatic rings. The van der Waals surface area contributed by atoms with Gasteiger partial charge < -0.3 is 4.74 Å². The fraction of sp³-hybridized carbons (Fsp3) is 0.0435. The van der Waals surface area contributed by atoms with Crippen LogP contribution in [0, 0.1) is 2.88 Å². The molecule has 136 valence electrons. The summed E-state index contributed by atoms with van der Waals surface area (Å²) in [7, 11) is -0.563. The number of halogens is 1. The van der Waals surface area contributed by atoms with E-state index in [2.05, 4.69) is 120 Å². The third kappa shape index (κ3) is 4.75. The molecule has 0 saturated carbocycles. The van der Waals surface area contributed by atoms with Crippen molar-refractivity contribution >= 4 is 44.8 Å². The average molecular weight is 502 g/mol. The fourth-order valence-electron chi connectivity index (χ4n) is 2.88. The second kappa shape index (κ2) is 8.95. The van der Waals surface area contributed by atoms with E-state index in [9.17, 15) is 0 Å². The molecule has 0 radical (unpaired) electrons. The van der Waals surface area contributed by atoms with Crippen LogP contribution in [0.15, 0.2) is 112 Å². The summed E-state index contributed by atoms with van der Waals surface area (Å²) in [6.45, 7) is 0.624. The van der Waals surface area contributed by atoms with Crippen molar-refractivity contribution in [3.8, 4) is 5.75 Å². The van der Waals surface area contributed by atoms with E-state index in [4.69, 9.17) is 4.74 Å². The van der Waals surface area contributed by atoms with Gasteiger partial charge in [-0.15, -0.1) is 11.3 Å². The Morgan fingerprint density at radius 1 is 0.667 bits per heavy atom. The van der Waals surface area contributed by atoms with Crippen molar-refractivity contribution in [3.63, 3.8) is 0 Å². The maximum Gasteiger partial charge on any atom is 0.122 e. The van der Waals surface area contributed by atoms with Crippen LogP contribution in [-0.2, 0) is 6.61 Å². The predicted octanol–water partition coefficient (Wildman–Crippen LogP) is 7.41. The van der Waals surface area contributed by atoms with Gasteiger partial charge in [0.25, 0.3) is 0 Å². The van der Waals surface area contributed by atoms with Crippen LogP contribution in [-0.4, -0.2) is 0 Å². The first-order chi connectivity index (χ1) is 13.3. The lowest BCUT2D eigenvalue weighted by atomic mass is 10.3. The van der Waals surface area contributed by atoms with E-state index in [0.29, 0.717) is 6.61 Å². The predicted molar refractivity (Wildman–Crippen MR) is 124 cm³/mol. The summed E-state index contributed by atoms with van der Waals surface area (Å²) in [5, 5.41) is 0. The summed E-state index contributed by atoms with van der Waals surface area (Å²) < 4.78 is 7.26. The van der Waals surface area contributed by atoms with Gasteiger partial charge >= 0.3 is 0 Å². The number of benzene rings is 3. The Hall–Kier alpha value is -1.76. The van der Waals surface area contributed by atoms with Crippen LogP contribution in [0.2, 0.25) is 0 Å². The molecule has 4 aromatic rings. The van der Waals surface area contributed by atoms with Crippen molar-refractivity contribution in [1.29, 1.82) is 0 Å². The van der Waals surface area contributed by atoms with Crippen LogP contribution in [0.25, 0.3) is 0 Å². The molecule has 0 unspecified atom stereocenters. The summed E-state index contributed by atoms with van der Waals surface area (Å²) >= 11 is 4.12. The topological polar surface area (TPSA) is 9.23 Å². The zero-order chi connectivity index (χ0) is 18.5. The smallest absolute Gasteiger partial charge is 0.122 e. The molecule has 0 fully saturated rings. The Morgan fingerprint density at radius 3 is 1.74 bits per heavy atom. The first-order valence-corrected chi connectivity index (χ1v) is 11.9. The van der Waals surface area contributed by atoms with Crippen LogP contribution in [0.5, 0.6) is 5.75 Å². The molecule has 0 bridgehead atoms. The molecule has 1 aromatic heterocycles. The molecular weight excluding hydrogens is 483 g/mol. The number of rotatable bonds is 6. The maximum atomic E-state index is 5.97. The maximum absolute atomic E-state index is 5.97. The Morgan fingerprint density at radius 2 is 1.22 bits per heavy atom. The van der Waals surface area contributed by atoms with Gasteiger partial charge in [0.1, 0.15) is 12.4 Å². The van der Waals surface area contributed by atoms with Gasteiger partial charge in [0, 0.05) is 4.88 Å².